The van der Waals surface area contributed by atoms with Crippen LogP contribution < -0.4 is 5.32 Å². The number of hydrogen-bond donors (Lipinski definition) is 1. The first-order valence-corrected chi connectivity index (χ1v) is 9.30. The molecule has 0 unspecified atom stereocenters. The molecular weight excluding hydrogens is 328 g/mol. The summed E-state index contributed by atoms with van der Waals surface area (Å²) in [5, 5.41) is 7.48. The Morgan fingerprint density at radius 2 is 1.92 bits per heavy atom. The smallest absolute Gasteiger partial charge is 0.251 e. The standard InChI is InChI=1S/C20H28N4O2/c1-16-14-17(2)24(22-16)15-18-4-6-19(7-5-18)20(25)21-8-3-9-23-10-12-26-13-11-23/h4-7,14H,3,8-13,15H2,1-2H3,(H,21,25). The average Bonchev–Trinajstić information content (AvgIpc) is 2.97. The van der Waals surface area contributed by atoms with Gasteiger partial charge in [-0.15, -0.1) is 0 Å². The van der Waals surface area contributed by atoms with E-state index in [1.54, 1.807) is 0 Å². The van der Waals surface area contributed by atoms with Crippen molar-refractivity contribution in [1.29, 1.82) is 0 Å². The van der Waals surface area contributed by atoms with E-state index in [1.807, 2.05) is 35.9 Å². The molecule has 2 aromatic rings. The lowest BCUT2D eigenvalue weighted by Gasteiger charge is -2.26. The Morgan fingerprint density at radius 1 is 1.19 bits per heavy atom. The van der Waals surface area contributed by atoms with Crippen LogP contribution >= 0.6 is 0 Å². The fourth-order valence-corrected chi connectivity index (χ4v) is 3.20. The molecule has 6 heteroatoms. The lowest BCUT2D eigenvalue weighted by molar-refractivity contribution is 0.0374. The summed E-state index contributed by atoms with van der Waals surface area (Å²) >= 11 is 0. The van der Waals surface area contributed by atoms with Gasteiger partial charge in [-0.3, -0.25) is 14.4 Å². The third-order valence-corrected chi connectivity index (χ3v) is 4.69. The van der Waals surface area contributed by atoms with Crippen molar-refractivity contribution in [2.24, 2.45) is 0 Å². The topological polar surface area (TPSA) is 59.4 Å². The molecule has 0 atom stereocenters. The van der Waals surface area contributed by atoms with E-state index >= 15 is 0 Å². The molecule has 3 rings (SSSR count). The van der Waals surface area contributed by atoms with Crippen LogP contribution in [-0.2, 0) is 11.3 Å². The van der Waals surface area contributed by atoms with E-state index in [0.29, 0.717) is 12.1 Å². The molecule has 1 aliphatic heterocycles. The number of benzene rings is 1. The van der Waals surface area contributed by atoms with Crippen molar-refractivity contribution in [1.82, 2.24) is 20.0 Å². The number of hydrogen-bond acceptors (Lipinski definition) is 4. The van der Waals surface area contributed by atoms with Crippen LogP contribution in [-0.4, -0.2) is 60.0 Å². The predicted octanol–water partition coefficient (Wildman–Crippen LogP) is 2.00. The highest BCUT2D eigenvalue weighted by molar-refractivity contribution is 5.94. The SMILES string of the molecule is Cc1cc(C)n(Cc2ccc(C(=O)NCCCN3CCOCC3)cc2)n1. The highest BCUT2D eigenvalue weighted by Gasteiger charge is 2.10. The largest absolute Gasteiger partial charge is 0.379 e. The Hall–Kier alpha value is -2.18. The fraction of sp³-hybridized carbons (Fsp3) is 0.500. The molecule has 1 aromatic heterocycles. The Bertz CT molecular complexity index is 718. The number of carbonyl (C=O) groups excluding carboxylic acids is 1. The van der Waals surface area contributed by atoms with Crippen LogP contribution in [0.3, 0.4) is 0 Å². The number of nitrogens with zero attached hydrogens (tertiary/aromatic N) is 3. The van der Waals surface area contributed by atoms with Crippen molar-refractivity contribution in [3.8, 4) is 0 Å². The van der Waals surface area contributed by atoms with E-state index in [9.17, 15) is 4.79 Å². The van der Waals surface area contributed by atoms with Crippen LogP contribution in [0.15, 0.2) is 30.3 Å². The van der Waals surface area contributed by atoms with E-state index in [-0.39, 0.29) is 5.91 Å². The van der Waals surface area contributed by atoms with Gasteiger partial charge in [0.2, 0.25) is 0 Å². The Labute approximate surface area is 155 Å². The molecule has 140 valence electrons. The second-order valence-electron chi connectivity index (χ2n) is 6.85. The Kier molecular flexibility index (Phi) is 6.41. The molecule has 1 fully saturated rings. The van der Waals surface area contributed by atoms with Crippen molar-refractivity contribution < 1.29 is 9.53 Å². The first-order valence-electron chi connectivity index (χ1n) is 9.30. The van der Waals surface area contributed by atoms with Crippen molar-refractivity contribution in [3.63, 3.8) is 0 Å². The van der Waals surface area contributed by atoms with E-state index < -0.39 is 0 Å². The number of aromatic nitrogens is 2. The molecule has 0 aliphatic carbocycles. The zero-order valence-electron chi connectivity index (χ0n) is 15.7. The van der Waals surface area contributed by atoms with Crippen LogP contribution in [0.1, 0.15) is 33.7 Å². The third-order valence-electron chi connectivity index (χ3n) is 4.69. The number of rotatable bonds is 7. The van der Waals surface area contributed by atoms with Crippen molar-refractivity contribution in [2.75, 3.05) is 39.4 Å². The number of amides is 1. The van der Waals surface area contributed by atoms with Gasteiger partial charge in [-0.05, 0) is 50.6 Å². The highest BCUT2D eigenvalue weighted by atomic mass is 16.5. The second kappa shape index (κ2) is 8.96. The maximum absolute atomic E-state index is 12.3. The zero-order chi connectivity index (χ0) is 18.4. The third kappa shape index (κ3) is 5.16. The predicted molar refractivity (Wildman–Crippen MR) is 101 cm³/mol. The van der Waals surface area contributed by atoms with Gasteiger partial charge < -0.3 is 10.1 Å². The Balaban J connectivity index is 1.43. The average molecular weight is 356 g/mol. The van der Waals surface area contributed by atoms with Gasteiger partial charge in [-0.1, -0.05) is 12.1 Å². The van der Waals surface area contributed by atoms with Gasteiger partial charge in [-0.25, -0.2) is 0 Å². The summed E-state index contributed by atoms with van der Waals surface area (Å²) in [6.07, 6.45) is 0.960. The quantitative estimate of drug-likeness (QED) is 0.771. The Morgan fingerprint density at radius 3 is 2.58 bits per heavy atom. The molecular formula is C20H28N4O2. The summed E-state index contributed by atoms with van der Waals surface area (Å²) in [6, 6.07) is 9.84. The molecule has 6 nitrogen and oxygen atoms in total. The molecule has 1 N–H and O–H groups in total. The van der Waals surface area contributed by atoms with Gasteiger partial charge in [0, 0.05) is 30.9 Å². The van der Waals surface area contributed by atoms with Gasteiger partial charge in [0.05, 0.1) is 25.5 Å². The van der Waals surface area contributed by atoms with Crippen LogP contribution in [0.4, 0.5) is 0 Å². The van der Waals surface area contributed by atoms with E-state index in [1.165, 1.54) is 0 Å². The maximum atomic E-state index is 12.3. The van der Waals surface area contributed by atoms with Crippen LogP contribution in [0.5, 0.6) is 0 Å². The van der Waals surface area contributed by atoms with Crippen molar-refractivity contribution >= 4 is 5.91 Å². The van der Waals surface area contributed by atoms with Gasteiger partial charge in [0.1, 0.15) is 0 Å². The van der Waals surface area contributed by atoms with E-state index in [2.05, 4.69) is 28.3 Å². The summed E-state index contributed by atoms with van der Waals surface area (Å²) in [4.78, 5) is 14.6. The molecule has 0 saturated carbocycles. The van der Waals surface area contributed by atoms with Crippen molar-refractivity contribution in [3.05, 3.63) is 52.8 Å². The van der Waals surface area contributed by atoms with Gasteiger partial charge in [0.15, 0.2) is 0 Å². The number of nitrogens with one attached hydrogen (secondary N) is 1. The summed E-state index contributed by atoms with van der Waals surface area (Å²) in [6.45, 7) is 10.1. The fourth-order valence-electron chi connectivity index (χ4n) is 3.20. The summed E-state index contributed by atoms with van der Waals surface area (Å²) in [5.74, 6) is -0.00959. The first-order chi connectivity index (χ1) is 12.6. The van der Waals surface area contributed by atoms with Gasteiger partial charge >= 0.3 is 0 Å². The van der Waals surface area contributed by atoms with E-state index in [4.69, 9.17) is 4.74 Å². The molecule has 26 heavy (non-hydrogen) atoms. The normalized spacial score (nSPS) is 15.2. The number of carbonyl (C=O) groups is 1. The zero-order valence-corrected chi connectivity index (χ0v) is 15.7. The lowest BCUT2D eigenvalue weighted by atomic mass is 10.1. The highest BCUT2D eigenvalue weighted by Crippen LogP contribution is 2.09. The molecule has 1 saturated heterocycles. The molecule has 1 aromatic carbocycles. The number of ether oxygens (including phenoxy) is 1. The van der Waals surface area contributed by atoms with Crippen molar-refractivity contribution in [2.45, 2.75) is 26.8 Å². The molecule has 1 amide bonds. The van der Waals surface area contributed by atoms with Gasteiger partial charge in [-0.2, -0.15) is 5.10 Å². The minimum atomic E-state index is -0.00959. The minimum Gasteiger partial charge on any atom is -0.379 e. The number of morpholine rings is 1. The van der Waals surface area contributed by atoms with Crippen LogP contribution in [0, 0.1) is 13.8 Å². The minimum absolute atomic E-state index is 0.00959. The number of aryl methyl sites for hydroxylation is 2. The molecule has 0 bridgehead atoms. The van der Waals surface area contributed by atoms with Crippen LogP contribution in [0.2, 0.25) is 0 Å². The molecule has 1 aliphatic rings. The molecule has 2 heterocycles. The van der Waals surface area contributed by atoms with E-state index in [0.717, 1.165) is 62.8 Å². The summed E-state index contributed by atoms with van der Waals surface area (Å²) in [7, 11) is 0. The maximum Gasteiger partial charge on any atom is 0.251 e. The molecule has 0 radical (unpaired) electrons. The first kappa shape index (κ1) is 18.6. The summed E-state index contributed by atoms with van der Waals surface area (Å²) < 4.78 is 7.32. The monoisotopic (exact) mass is 356 g/mol. The van der Waals surface area contributed by atoms with Gasteiger partial charge in [0.25, 0.3) is 5.91 Å². The second-order valence-corrected chi connectivity index (χ2v) is 6.85. The summed E-state index contributed by atoms with van der Waals surface area (Å²) in [5.41, 5.74) is 4.01. The molecule has 0 spiro atoms. The van der Waals surface area contributed by atoms with Crippen LogP contribution in [0.25, 0.3) is 0 Å². The lowest BCUT2D eigenvalue weighted by Crippen LogP contribution is -2.38.